The Morgan fingerprint density at radius 3 is 2.60 bits per heavy atom. The van der Waals surface area contributed by atoms with Crippen LogP contribution in [0, 0.1) is 0 Å². The molecule has 3 rings (SSSR count). The largest absolute Gasteiger partial charge is 0.379 e. The molecule has 1 saturated heterocycles. The summed E-state index contributed by atoms with van der Waals surface area (Å²) in [5, 5.41) is 8.07. The summed E-state index contributed by atoms with van der Waals surface area (Å²) < 4.78 is 5.49. The lowest BCUT2D eigenvalue weighted by atomic mass is 10.1. The lowest BCUT2D eigenvalue weighted by molar-refractivity contribution is -0.123. The fraction of sp³-hybridized carbons (Fsp3) is 0.455. The zero-order chi connectivity index (χ0) is 21.2. The van der Waals surface area contributed by atoms with Crippen LogP contribution in [-0.4, -0.2) is 67.6 Å². The molecule has 2 amide bonds. The predicted molar refractivity (Wildman–Crippen MR) is 123 cm³/mol. The zero-order valence-electron chi connectivity index (χ0n) is 17.2. The maximum Gasteiger partial charge on any atom is 0.251 e. The summed E-state index contributed by atoms with van der Waals surface area (Å²) in [6.45, 7) is 3.62. The van der Waals surface area contributed by atoms with Crippen LogP contribution >= 0.6 is 23.1 Å². The highest BCUT2D eigenvalue weighted by molar-refractivity contribution is 7.98. The molecule has 2 unspecified atom stereocenters. The number of thiophene rings is 1. The Morgan fingerprint density at radius 2 is 1.93 bits per heavy atom. The number of hydrogen-bond acceptors (Lipinski definition) is 6. The van der Waals surface area contributed by atoms with Gasteiger partial charge >= 0.3 is 0 Å². The van der Waals surface area contributed by atoms with Crippen molar-refractivity contribution in [3.8, 4) is 0 Å². The molecule has 162 valence electrons. The summed E-state index contributed by atoms with van der Waals surface area (Å²) in [7, 11) is 0. The van der Waals surface area contributed by atoms with Gasteiger partial charge in [0.25, 0.3) is 5.91 Å². The summed E-state index contributed by atoms with van der Waals surface area (Å²) in [6, 6.07) is 12.7. The quantitative estimate of drug-likeness (QED) is 0.586. The van der Waals surface area contributed by atoms with E-state index < -0.39 is 6.04 Å². The van der Waals surface area contributed by atoms with Crippen LogP contribution in [0.5, 0.6) is 0 Å². The van der Waals surface area contributed by atoms with Gasteiger partial charge in [-0.15, -0.1) is 11.3 Å². The van der Waals surface area contributed by atoms with Crippen LogP contribution in [0.1, 0.15) is 27.7 Å². The standard InChI is InChI=1S/C22H29N3O3S2/c1-29-15-9-18(24-21(26)17-6-3-2-4-7-17)22(27)23-16-19(20-8-5-14-30-20)25-10-12-28-13-11-25/h2-8,14,18-19H,9-13,15-16H2,1H3,(H,23,27)(H,24,26). The van der Waals surface area contributed by atoms with Crippen molar-refractivity contribution < 1.29 is 14.3 Å². The average molecular weight is 448 g/mol. The number of carbonyl (C=O) groups is 2. The normalized spacial score (nSPS) is 16.6. The van der Waals surface area contributed by atoms with Gasteiger partial charge in [0.1, 0.15) is 6.04 Å². The summed E-state index contributed by atoms with van der Waals surface area (Å²) in [4.78, 5) is 29.2. The van der Waals surface area contributed by atoms with E-state index in [4.69, 9.17) is 4.74 Å². The minimum Gasteiger partial charge on any atom is -0.379 e. The van der Waals surface area contributed by atoms with Crippen LogP contribution in [0.15, 0.2) is 47.8 Å². The molecule has 1 aromatic carbocycles. The first-order valence-corrected chi connectivity index (χ1v) is 12.4. The number of benzene rings is 1. The Bertz CT molecular complexity index is 780. The number of nitrogens with one attached hydrogen (secondary N) is 2. The molecule has 30 heavy (non-hydrogen) atoms. The summed E-state index contributed by atoms with van der Waals surface area (Å²) >= 11 is 3.36. The van der Waals surface area contributed by atoms with Gasteiger partial charge in [-0.25, -0.2) is 0 Å². The first kappa shape index (κ1) is 22.8. The van der Waals surface area contributed by atoms with E-state index in [0.717, 1.165) is 18.8 Å². The highest BCUT2D eigenvalue weighted by Crippen LogP contribution is 2.25. The van der Waals surface area contributed by atoms with Crippen LogP contribution in [0.2, 0.25) is 0 Å². The van der Waals surface area contributed by atoms with Crippen LogP contribution < -0.4 is 10.6 Å². The van der Waals surface area contributed by atoms with Gasteiger partial charge in [-0.2, -0.15) is 11.8 Å². The highest BCUT2D eigenvalue weighted by atomic mass is 32.2. The summed E-state index contributed by atoms with van der Waals surface area (Å²) in [6.07, 6.45) is 2.59. The molecule has 2 N–H and O–H groups in total. The molecule has 8 heteroatoms. The average Bonchev–Trinajstić information content (AvgIpc) is 3.32. The van der Waals surface area contributed by atoms with Crippen molar-refractivity contribution in [1.29, 1.82) is 0 Å². The Labute approximate surface area is 186 Å². The fourth-order valence-corrected chi connectivity index (χ4v) is 4.77. The molecule has 1 fully saturated rings. The van der Waals surface area contributed by atoms with Crippen LogP contribution in [0.4, 0.5) is 0 Å². The molecule has 2 heterocycles. The van der Waals surface area contributed by atoms with E-state index in [0.29, 0.717) is 31.7 Å². The lowest BCUT2D eigenvalue weighted by Crippen LogP contribution is -2.50. The van der Waals surface area contributed by atoms with Crippen LogP contribution in [-0.2, 0) is 9.53 Å². The number of thioether (sulfide) groups is 1. The number of hydrogen-bond donors (Lipinski definition) is 2. The number of rotatable bonds is 10. The van der Waals surface area contributed by atoms with Gasteiger partial charge in [-0.05, 0) is 42.0 Å². The zero-order valence-corrected chi connectivity index (χ0v) is 18.8. The Kier molecular flexibility index (Phi) is 9.20. The number of ether oxygens (including phenoxy) is 1. The van der Waals surface area contributed by atoms with Crippen molar-refractivity contribution >= 4 is 34.9 Å². The van der Waals surface area contributed by atoms with E-state index in [9.17, 15) is 9.59 Å². The minimum absolute atomic E-state index is 0.115. The molecule has 0 aliphatic carbocycles. The maximum absolute atomic E-state index is 13.0. The van der Waals surface area contributed by atoms with E-state index in [2.05, 4.69) is 27.0 Å². The van der Waals surface area contributed by atoms with Gasteiger partial charge in [0.05, 0.1) is 19.3 Å². The predicted octanol–water partition coefficient (Wildman–Crippen LogP) is 2.79. The van der Waals surface area contributed by atoms with Crippen molar-refractivity contribution in [2.24, 2.45) is 0 Å². The SMILES string of the molecule is CSCCC(NC(=O)c1ccccc1)C(=O)NCC(c1cccs1)N1CCOCC1. The maximum atomic E-state index is 13.0. The van der Waals surface area contributed by atoms with Gasteiger partial charge in [0, 0.05) is 30.1 Å². The van der Waals surface area contributed by atoms with Crippen molar-refractivity contribution in [1.82, 2.24) is 15.5 Å². The van der Waals surface area contributed by atoms with Gasteiger partial charge in [0.2, 0.25) is 5.91 Å². The molecule has 1 aliphatic rings. The highest BCUT2D eigenvalue weighted by Gasteiger charge is 2.26. The molecule has 0 saturated carbocycles. The second-order valence-corrected chi connectivity index (χ2v) is 9.06. The molecule has 0 radical (unpaired) electrons. The third-order valence-electron chi connectivity index (χ3n) is 5.10. The van der Waals surface area contributed by atoms with Crippen LogP contribution in [0.3, 0.4) is 0 Å². The molecule has 0 bridgehead atoms. The number of carbonyl (C=O) groups excluding carboxylic acids is 2. The van der Waals surface area contributed by atoms with Gasteiger partial charge < -0.3 is 15.4 Å². The molecule has 1 aliphatic heterocycles. The molecule has 2 aromatic rings. The molecule has 2 atom stereocenters. The third kappa shape index (κ3) is 6.57. The lowest BCUT2D eigenvalue weighted by Gasteiger charge is -2.34. The third-order valence-corrected chi connectivity index (χ3v) is 6.71. The molecule has 0 spiro atoms. The Balaban J connectivity index is 1.63. The van der Waals surface area contributed by atoms with Crippen molar-refractivity contribution in [3.05, 3.63) is 58.3 Å². The second kappa shape index (κ2) is 12.1. The number of amides is 2. The molecular weight excluding hydrogens is 418 g/mol. The van der Waals surface area contributed by atoms with Gasteiger partial charge in [0.15, 0.2) is 0 Å². The molecular formula is C22H29N3O3S2. The second-order valence-electron chi connectivity index (χ2n) is 7.10. The van der Waals surface area contributed by atoms with Crippen molar-refractivity contribution in [2.45, 2.75) is 18.5 Å². The fourth-order valence-electron chi connectivity index (χ4n) is 3.44. The Morgan fingerprint density at radius 1 is 1.17 bits per heavy atom. The van der Waals surface area contributed by atoms with E-state index >= 15 is 0 Å². The van der Waals surface area contributed by atoms with Gasteiger partial charge in [-0.1, -0.05) is 24.3 Å². The monoisotopic (exact) mass is 447 g/mol. The van der Waals surface area contributed by atoms with E-state index in [1.54, 1.807) is 35.2 Å². The van der Waals surface area contributed by atoms with E-state index in [1.807, 2.05) is 30.5 Å². The molecule has 1 aromatic heterocycles. The minimum atomic E-state index is -0.557. The van der Waals surface area contributed by atoms with E-state index in [-0.39, 0.29) is 17.9 Å². The van der Waals surface area contributed by atoms with Gasteiger partial charge in [-0.3, -0.25) is 14.5 Å². The smallest absolute Gasteiger partial charge is 0.251 e. The summed E-state index contributed by atoms with van der Waals surface area (Å²) in [5.41, 5.74) is 0.559. The van der Waals surface area contributed by atoms with E-state index in [1.165, 1.54) is 4.88 Å². The van der Waals surface area contributed by atoms with Crippen molar-refractivity contribution in [3.63, 3.8) is 0 Å². The number of nitrogens with zero attached hydrogens (tertiary/aromatic N) is 1. The topological polar surface area (TPSA) is 70.7 Å². The first-order chi connectivity index (χ1) is 14.7. The van der Waals surface area contributed by atoms with Crippen LogP contribution in [0.25, 0.3) is 0 Å². The first-order valence-electron chi connectivity index (χ1n) is 10.2. The number of morpholine rings is 1. The van der Waals surface area contributed by atoms with Crippen molar-refractivity contribution in [2.75, 3.05) is 44.9 Å². The molecule has 6 nitrogen and oxygen atoms in total. The Hall–Kier alpha value is -1.87. The summed E-state index contributed by atoms with van der Waals surface area (Å²) in [5.74, 6) is 0.438.